The lowest BCUT2D eigenvalue weighted by Gasteiger charge is -2.14. The zero-order valence-electron chi connectivity index (χ0n) is 11.7. The Hall–Kier alpha value is -1.99. The van der Waals surface area contributed by atoms with Gasteiger partial charge in [0.25, 0.3) is 0 Å². The first-order valence-electron chi connectivity index (χ1n) is 6.46. The van der Waals surface area contributed by atoms with E-state index in [2.05, 4.69) is 9.71 Å². The minimum atomic E-state index is -3.93. The van der Waals surface area contributed by atoms with Gasteiger partial charge < -0.3 is 5.11 Å². The number of aryl methyl sites for hydroxylation is 1. The summed E-state index contributed by atoms with van der Waals surface area (Å²) in [5.74, 6) is -1.20. The third-order valence-electron chi connectivity index (χ3n) is 3.22. The van der Waals surface area contributed by atoms with Gasteiger partial charge in [-0.25, -0.2) is 8.42 Å². The highest BCUT2D eigenvalue weighted by molar-refractivity contribution is 7.89. The van der Waals surface area contributed by atoms with Crippen molar-refractivity contribution in [1.82, 2.24) is 9.71 Å². The Labute approximate surface area is 122 Å². The van der Waals surface area contributed by atoms with Crippen molar-refractivity contribution in [3.8, 4) is 0 Å². The first kappa shape index (κ1) is 15.4. The van der Waals surface area contributed by atoms with Crippen LogP contribution < -0.4 is 4.72 Å². The molecular formula is C14H16N2O4S. The van der Waals surface area contributed by atoms with Gasteiger partial charge in [0.05, 0.1) is 10.4 Å². The average molecular weight is 308 g/mol. The predicted octanol–water partition coefficient (Wildman–Crippen LogP) is 1.68. The summed E-state index contributed by atoms with van der Waals surface area (Å²) in [6.45, 7) is 3.45. The summed E-state index contributed by atoms with van der Waals surface area (Å²) >= 11 is 0. The number of hydrogen-bond acceptors (Lipinski definition) is 4. The van der Waals surface area contributed by atoms with Crippen LogP contribution in [0.15, 0.2) is 35.4 Å². The largest absolute Gasteiger partial charge is 0.480 e. The van der Waals surface area contributed by atoms with E-state index in [4.69, 9.17) is 5.11 Å². The van der Waals surface area contributed by atoms with E-state index in [-0.39, 0.29) is 11.3 Å². The summed E-state index contributed by atoms with van der Waals surface area (Å²) in [7, 11) is -3.93. The summed E-state index contributed by atoms with van der Waals surface area (Å²) in [5.41, 5.74) is 1.44. The van der Waals surface area contributed by atoms with Gasteiger partial charge in [-0.1, -0.05) is 13.0 Å². The van der Waals surface area contributed by atoms with Crippen LogP contribution in [-0.4, -0.2) is 30.5 Å². The van der Waals surface area contributed by atoms with Crippen molar-refractivity contribution < 1.29 is 18.3 Å². The van der Waals surface area contributed by atoms with Crippen LogP contribution in [0.3, 0.4) is 0 Å². The summed E-state index contributed by atoms with van der Waals surface area (Å²) in [6, 6.07) is 5.28. The van der Waals surface area contributed by atoms with Gasteiger partial charge in [-0.15, -0.1) is 0 Å². The molecule has 112 valence electrons. The molecule has 0 aliphatic heterocycles. The van der Waals surface area contributed by atoms with E-state index in [1.807, 2.05) is 6.92 Å². The lowest BCUT2D eigenvalue weighted by atomic mass is 10.1. The van der Waals surface area contributed by atoms with Crippen molar-refractivity contribution in [3.63, 3.8) is 0 Å². The molecule has 2 N–H and O–H groups in total. The molecule has 1 aromatic carbocycles. The standard InChI is InChI=1S/C14H16N2O4S/c1-3-11(14(17)18)16-21(19,20)12-7-6-9(2)13-10(12)5-4-8-15-13/h4-8,11,16H,3H2,1-2H3,(H,17,18)/t11-/m0/s1. The van der Waals surface area contributed by atoms with Gasteiger partial charge in [0, 0.05) is 11.6 Å². The molecule has 0 bridgehead atoms. The average Bonchev–Trinajstić information content (AvgIpc) is 2.45. The molecule has 6 nitrogen and oxygen atoms in total. The van der Waals surface area contributed by atoms with Crippen molar-refractivity contribution in [2.75, 3.05) is 0 Å². The van der Waals surface area contributed by atoms with E-state index in [1.165, 1.54) is 6.07 Å². The van der Waals surface area contributed by atoms with Crippen LogP contribution in [0.25, 0.3) is 10.9 Å². The molecule has 0 radical (unpaired) electrons. The number of sulfonamides is 1. The van der Waals surface area contributed by atoms with Crippen molar-refractivity contribution in [1.29, 1.82) is 0 Å². The number of benzene rings is 1. The van der Waals surface area contributed by atoms with Crippen LogP contribution in [0, 0.1) is 6.92 Å². The first-order chi connectivity index (χ1) is 9.86. The van der Waals surface area contributed by atoms with Crippen molar-refractivity contribution in [3.05, 3.63) is 36.0 Å². The molecule has 0 spiro atoms. The number of pyridine rings is 1. The van der Waals surface area contributed by atoms with Gasteiger partial charge in [-0.2, -0.15) is 4.72 Å². The highest BCUT2D eigenvalue weighted by Gasteiger charge is 2.25. The highest BCUT2D eigenvalue weighted by atomic mass is 32.2. The van der Waals surface area contributed by atoms with Crippen molar-refractivity contribution >= 4 is 26.9 Å². The van der Waals surface area contributed by atoms with Crippen LogP contribution in [0.2, 0.25) is 0 Å². The monoisotopic (exact) mass is 308 g/mol. The van der Waals surface area contributed by atoms with E-state index in [9.17, 15) is 13.2 Å². The fourth-order valence-electron chi connectivity index (χ4n) is 2.08. The van der Waals surface area contributed by atoms with Gasteiger partial charge >= 0.3 is 5.97 Å². The zero-order valence-corrected chi connectivity index (χ0v) is 12.5. The second-order valence-corrected chi connectivity index (χ2v) is 6.38. The van der Waals surface area contributed by atoms with Crippen LogP contribution in [0.5, 0.6) is 0 Å². The summed E-state index contributed by atoms with van der Waals surface area (Å²) in [5, 5.41) is 9.48. The van der Waals surface area contributed by atoms with Gasteiger partial charge in [0.1, 0.15) is 6.04 Å². The molecule has 0 aliphatic rings. The summed E-state index contributed by atoms with van der Waals surface area (Å²) < 4.78 is 27.1. The molecule has 21 heavy (non-hydrogen) atoms. The summed E-state index contributed by atoms with van der Waals surface area (Å²) in [4.78, 5) is 15.2. The molecule has 0 amide bonds. The lowest BCUT2D eigenvalue weighted by Crippen LogP contribution is -2.40. The third kappa shape index (κ3) is 3.03. The molecule has 1 atom stereocenters. The van der Waals surface area contributed by atoms with E-state index in [0.717, 1.165) is 5.56 Å². The number of carboxylic acid groups (broad SMARTS) is 1. The maximum absolute atomic E-state index is 12.4. The number of carboxylic acids is 1. The number of fused-ring (bicyclic) bond motifs is 1. The zero-order chi connectivity index (χ0) is 15.6. The molecule has 2 aromatic rings. The van der Waals surface area contributed by atoms with E-state index >= 15 is 0 Å². The minimum Gasteiger partial charge on any atom is -0.480 e. The Bertz CT molecular complexity index is 787. The molecule has 0 fully saturated rings. The first-order valence-corrected chi connectivity index (χ1v) is 7.94. The lowest BCUT2D eigenvalue weighted by molar-refractivity contribution is -0.139. The number of hydrogen-bond donors (Lipinski definition) is 2. The molecule has 1 aromatic heterocycles. The van der Waals surface area contributed by atoms with Crippen LogP contribution in [-0.2, 0) is 14.8 Å². The maximum Gasteiger partial charge on any atom is 0.321 e. The number of aliphatic carboxylic acids is 1. The number of nitrogens with zero attached hydrogens (tertiary/aromatic N) is 1. The third-order valence-corrected chi connectivity index (χ3v) is 4.75. The summed E-state index contributed by atoms with van der Waals surface area (Å²) in [6.07, 6.45) is 1.75. The minimum absolute atomic E-state index is 0.0379. The Morgan fingerprint density at radius 3 is 2.71 bits per heavy atom. The van der Waals surface area contributed by atoms with Crippen LogP contribution in [0.1, 0.15) is 18.9 Å². The van der Waals surface area contributed by atoms with Crippen molar-refractivity contribution in [2.24, 2.45) is 0 Å². The fourth-order valence-corrected chi connectivity index (χ4v) is 3.55. The number of nitrogens with one attached hydrogen (secondary N) is 1. The Morgan fingerprint density at radius 2 is 2.10 bits per heavy atom. The quantitative estimate of drug-likeness (QED) is 0.876. The molecule has 0 saturated heterocycles. The van der Waals surface area contributed by atoms with E-state index in [1.54, 1.807) is 31.3 Å². The molecule has 1 heterocycles. The Kier molecular flexibility index (Phi) is 4.24. The van der Waals surface area contributed by atoms with Crippen LogP contribution in [0.4, 0.5) is 0 Å². The van der Waals surface area contributed by atoms with Gasteiger partial charge in [0.2, 0.25) is 10.0 Å². The topological polar surface area (TPSA) is 96.4 Å². The smallest absolute Gasteiger partial charge is 0.321 e. The maximum atomic E-state index is 12.4. The molecule has 0 saturated carbocycles. The molecule has 2 rings (SSSR count). The predicted molar refractivity (Wildman–Crippen MR) is 78.5 cm³/mol. The Balaban J connectivity index is 2.56. The second-order valence-electron chi connectivity index (χ2n) is 4.70. The number of aromatic nitrogens is 1. The normalized spacial score (nSPS) is 13.2. The van der Waals surface area contributed by atoms with Gasteiger partial charge in [-0.05, 0) is 37.1 Å². The van der Waals surface area contributed by atoms with E-state index in [0.29, 0.717) is 10.9 Å². The van der Waals surface area contributed by atoms with E-state index < -0.39 is 22.0 Å². The van der Waals surface area contributed by atoms with Gasteiger partial charge in [-0.3, -0.25) is 9.78 Å². The molecular weight excluding hydrogens is 292 g/mol. The molecule has 0 unspecified atom stereocenters. The molecule has 0 aliphatic carbocycles. The number of carbonyl (C=O) groups is 1. The number of rotatable bonds is 5. The molecule has 7 heteroatoms. The van der Waals surface area contributed by atoms with Gasteiger partial charge in [0.15, 0.2) is 0 Å². The van der Waals surface area contributed by atoms with Crippen molar-refractivity contribution in [2.45, 2.75) is 31.2 Å². The fraction of sp³-hybridized carbons (Fsp3) is 0.286. The van der Waals surface area contributed by atoms with Crippen LogP contribution >= 0.6 is 0 Å². The SMILES string of the molecule is CC[C@H](NS(=O)(=O)c1ccc(C)c2ncccc12)C(=O)O. The Morgan fingerprint density at radius 1 is 1.38 bits per heavy atom. The second kappa shape index (κ2) is 5.79. The highest BCUT2D eigenvalue weighted by Crippen LogP contribution is 2.24.